The van der Waals surface area contributed by atoms with Crippen LogP contribution >= 0.6 is 22.6 Å². The van der Waals surface area contributed by atoms with Gasteiger partial charge in [-0.25, -0.2) is 0 Å². The normalized spacial score (nSPS) is 38.5. The Hall–Kier alpha value is 0.690. The zero-order valence-electron chi connectivity index (χ0n) is 8.39. The molecule has 1 aliphatic carbocycles. The molecule has 72 valence electrons. The summed E-state index contributed by atoms with van der Waals surface area (Å²) in [5.41, 5.74) is 0.344. The summed E-state index contributed by atoms with van der Waals surface area (Å²) in [6.07, 6.45) is 0.857. The summed E-state index contributed by atoms with van der Waals surface area (Å²) in [5.74, 6) is 0.670. The third-order valence-corrected chi connectivity index (χ3v) is 5.27. The minimum Gasteiger partial charge on any atom is -0.393 e. The van der Waals surface area contributed by atoms with Crippen molar-refractivity contribution in [3.63, 3.8) is 0 Å². The van der Waals surface area contributed by atoms with Crippen LogP contribution < -0.4 is 0 Å². The molecule has 2 atom stereocenters. The molecule has 1 rings (SSSR count). The van der Waals surface area contributed by atoms with Crippen LogP contribution in [0.3, 0.4) is 0 Å². The zero-order chi connectivity index (χ0) is 9.57. The molecule has 0 bridgehead atoms. The fourth-order valence-corrected chi connectivity index (χ4v) is 3.53. The van der Waals surface area contributed by atoms with Gasteiger partial charge in [-0.15, -0.1) is 0 Å². The Kier molecular flexibility index (Phi) is 2.80. The Morgan fingerprint density at radius 1 is 1.25 bits per heavy atom. The Morgan fingerprint density at radius 3 is 1.92 bits per heavy atom. The summed E-state index contributed by atoms with van der Waals surface area (Å²) >= 11 is 2.43. The molecule has 1 N–H and O–H groups in total. The summed E-state index contributed by atoms with van der Waals surface area (Å²) in [7, 11) is 0. The van der Waals surface area contributed by atoms with E-state index in [1.165, 1.54) is 0 Å². The Labute approximate surface area is 89.1 Å². The number of aliphatic hydroxyl groups excluding tert-OH is 1. The lowest BCUT2D eigenvalue weighted by molar-refractivity contribution is 0.0154. The molecule has 0 aromatic rings. The predicted molar refractivity (Wildman–Crippen MR) is 60.6 cm³/mol. The van der Waals surface area contributed by atoms with Crippen LogP contribution in [0.1, 0.15) is 34.1 Å². The molecule has 0 aromatic carbocycles. The molecule has 0 aromatic heterocycles. The molecule has 2 heteroatoms. The molecule has 12 heavy (non-hydrogen) atoms. The molecule has 0 amide bonds. The predicted octanol–water partition coefficient (Wildman–Crippen LogP) is 2.85. The lowest BCUT2D eigenvalue weighted by atomic mass is 9.67. The topological polar surface area (TPSA) is 20.2 Å². The van der Waals surface area contributed by atoms with Crippen molar-refractivity contribution >= 4 is 22.6 Å². The standard InChI is InChI=1S/C10H19IO/c1-9(2)7(6-11)5-8(12)10(9,3)4/h7-8,12H,5-6H2,1-4H3/t7?,8-/m0/s1. The minimum atomic E-state index is -0.118. The number of rotatable bonds is 1. The van der Waals surface area contributed by atoms with E-state index in [1.807, 2.05) is 0 Å². The van der Waals surface area contributed by atoms with E-state index in [0.29, 0.717) is 5.92 Å². The second kappa shape index (κ2) is 3.12. The molecule has 0 saturated heterocycles. The van der Waals surface area contributed by atoms with Crippen LogP contribution in [0, 0.1) is 16.7 Å². The average molecular weight is 282 g/mol. The van der Waals surface area contributed by atoms with E-state index < -0.39 is 0 Å². The molecule has 0 radical (unpaired) electrons. The van der Waals surface area contributed by atoms with Gasteiger partial charge in [0, 0.05) is 4.43 Å². The van der Waals surface area contributed by atoms with E-state index in [-0.39, 0.29) is 16.9 Å². The monoisotopic (exact) mass is 282 g/mol. The van der Waals surface area contributed by atoms with Crippen molar-refractivity contribution in [1.29, 1.82) is 0 Å². The SMILES string of the molecule is CC1(C)C(CI)C[C@H](O)C1(C)C. The summed E-state index contributed by atoms with van der Waals surface area (Å²) < 4.78 is 1.16. The molecule has 0 aliphatic heterocycles. The lowest BCUT2D eigenvalue weighted by Gasteiger charge is -2.39. The largest absolute Gasteiger partial charge is 0.393 e. The second-order valence-corrected chi connectivity index (χ2v) is 5.93. The fraction of sp³-hybridized carbons (Fsp3) is 1.00. The molecule has 1 aliphatic rings. The smallest absolute Gasteiger partial charge is 0.0599 e. The second-order valence-electron chi connectivity index (χ2n) is 5.05. The van der Waals surface area contributed by atoms with Gasteiger partial charge in [0.05, 0.1) is 6.10 Å². The quantitative estimate of drug-likeness (QED) is 0.579. The Morgan fingerprint density at radius 2 is 1.75 bits per heavy atom. The van der Waals surface area contributed by atoms with E-state index in [9.17, 15) is 5.11 Å². The molecule has 0 spiro atoms. The van der Waals surface area contributed by atoms with Gasteiger partial charge in [0.15, 0.2) is 0 Å². The molecular formula is C10H19IO. The van der Waals surface area contributed by atoms with Crippen molar-refractivity contribution in [2.45, 2.75) is 40.2 Å². The summed E-state index contributed by atoms with van der Waals surface area (Å²) in [6.45, 7) is 8.94. The lowest BCUT2D eigenvalue weighted by Crippen LogP contribution is -2.37. The van der Waals surface area contributed by atoms with Crippen molar-refractivity contribution in [3.05, 3.63) is 0 Å². The maximum atomic E-state index is 9.89. The molecule has 1 nitrogen and oxygen atoms in total. The van der Waals surface area contributed by atoms with Crippen molar-refractivity contribution in [1.82, 2.24) is 0 Å². The van der Waals surface area contributed by atoms with Crippen LogP contribution in [-0.4, -0.2) is 15.6 Å². The van der Waals surface area contributed by atoms with Gasteiger partial charge in [0.1, 0.15) is 0 Å². The van der Waals surface area contributed by atoms with E-state index in [4.69, 9.17) is 0 Å². The molecule has 1 saturated carbocycles. The van der Waals surface area contributed by atoms with Gasteiger partial charge in [-0.2, -0.15) is 0 Å². The number of halogens is 1. The maximum Gasteiger partial charge on any atom is 0.0599 e. The van der Waals surface area contributed by atoms with Gasteiger partial charge in [0.2, 0.25) is 0 Å². The van der Waals surface area contributed by atoms with E-state index >= 15 is 0 Å². The van der Waals surface area contributed by atoms with Gasteiger partial charge in [-0.1, -0.05) is 50.3 Å². The van der Waals surface area contributed by atoms with Gasteiger partial charge in [-0.05, 0) is 23.2 Å². The Balaban J connectivity index is 2.92. The molecule has 1 unspecified atom stereocenters. The summed E-state index contributed by atoms with van der Waals surface area (Å²) in [4.78, 5) is 0. The number of hydrogen-bond acceptors (Lipinski definition) is 1. The highest BCUT2D eigenvalue weighted by Crippen LogP contribution is 2.55. The first-order valence-electron chi connectivity index (χ1n) is 4.58. The van der Waals surface area contributed by atoms with Crippen molar-refractivity contribution < 1.29 is 5.11 Å². The first kappa shape index (κ1) is 10.8. The van der Waals surface area contributed by atoms with E-state index in [2.05, 4.69) is 50.3 Å². The summed E-state index contributed by atoms with van der Waals surface area (Å²) in [5, 5.41) is 9.89. The first-order chi connectivity index (χ1) is 5.34. The van der Waals surface area contributed by atoms with Crippen LogP contribution in [0.2, 0.25) is 0 Å². The zero-order valence-corrected chi connectivity index (χ0v) is 10.6. The van der Waals surface area contributed by atoms with Crippen LogP contribution in [0.5, 0.6) is 0 Å². The van der Waals surface area contributed by atoms with E-state index in [1.54, 1.807) is 0 Å². The third kappa shape index (κ3) is 1.31. The van der Waals surface area contributed by atoms with Gasteiger partial charge in [-0.3, -0.25) is 0 Å². The van der Waals surface area contributed by atoms with Crippen molar-refractivity contribution in [2.75, 3.05) is 4.43 Å². The average Bonchev–Trinajstić information content (AvgIpc) is 2.10. The highest BCUT2D eigenvalue weighted by Gasteiger charge is 2.53. The highest BCUT2D eigenvalue weighted by molar-refractivity contribution is 14.1. The van der Waals surface area contributed by atoms with E-state index in [0.717, 1.165) is 10.8 Å². The maximum absolute atomic E-state index is 9.89. The van der Waals surface area contributed by atoms with Crippen molar-refractivity contribution in [2.24, 2.45) is 16.7 Å². The van der Waals surface area contributed by atoms with Crippen LogP contribution in [-0.2, 0) is 0 Å². The molecule has 1 fully saturated rings. The van der Waals surface area contributed by atoms with Crippen molar-refractivity contribution in [3.8, 4) is 0 Å². The van der Waals surface area contributed by atoms with Gasteiger partial charge in [0.25, 0.3) is 0 Å². The van der Waals surface area contributed by atoms with Gasteiger partial charge < -0.3 is 5.11 Å². The van der Waals surface area contributed by atoms with Gasteiger partial charge >= 0.3 is 0 Å². The number of aliphatic hydroxyl groups is 1. The summed E-state index contributed by atoms with van der Waals surface area (Å²) in [6, 6.07) is 0. The fourth-order valence-electron chi connectivity index (χ4n) is 2.07. The number of alkyl halides is 1. The van der Waals surface area contributed by atoms with Crippen LogP contribution in [0.15, 0.2) is 0 Å². The number of hydrogen-bond donors (Lipinski definition) is 1. The van der Waals surface area contributed by atoms with Crippen LogP contribution in [0.25, 0.3) is 0 Å². The molecule has 0 heterocycles. The third-order valence-electron chi connectivity index (χ3n) is 4.21. The Bertz CT molecular complexity index is 175. The first-order valence-corrected chi connectivity index (χ1v) is 6.10. The van der Waals surface area contributed by atoms with Crippen LogP contribution in [0.4, 0.5) is 0 Å². The highest BCUT2D eigenvalue weighted by atomic mass is 127. The minimum absolute atomic E-state index is 0.0723. The molecular weight excluding hydrogens is 263 g/mol.